The maximum Gasteiger partial charge on any atom is 0.0212 e. The lowest BCUT2D eigenvalue weighted by atomic mass is 9.94. The number of hydrogen-bond acceptors (Lipinski definition) is 1. The predicted octanol–water partition coefficient (Wildman–Crippen LogP) is 5.53. The van der Waals surface area contributed by atoms with Crippen LogP contribution in [0.1, 0.15) is 46.5 Å². The molecule has 0 heterocycles. The molecule has 0 aromatic carbocycles. The predicted molar refractivity (Wildman–Crippen MR) is 85.7 cm³/mol. The molecular weight excluding hydrogens is 230 g/mol. The van der Waals surface area contributed by atoms with E-state index in [4.69, 9.17) is 5.41 Å². The Bertz CT molecular complexity index is 470. The van der Waals surface area contributed by atoms with Gasteiger partial charge < -0.3 is 5.41 Å². The molecule has 19 heavy (non-hydrogen) atoms. The minimum absolute atomic E-state index is 0.930. The maximum atomic E-state index is 7.62. The fraction of sp³-hybridized carbons (Fsp3) is 0.389. The SMILES string of the molecule is C=C(C)/C1=C(\C=N)CC/C=C(C)/C=C(C)\C=C\CC1. The smallest absolute Gasteiger partial charge is 0.0212 e. The maximum absolute atomic E-state index is 7.62. The van der Waals surface area contributed by atoms with Crippen LogP contribution < -0.4 is 0 Å². The van der Waals surface area contributed by atoms with E-state index in [1.165, 1.54) is 22.9 Å². The van der Waals surface area contributed by atoms with Crippen molar-refractivity contribution in [2.75, 3.05) is 0 Å². The molecule has 0 saturated heterocycles. The van der Waals surface area contributed by atoms with Crippen molar-refractivity contribution in [1.29, 1.82) is 5.41 Å². The molecule has 0 amide bonds. The van der Waals surface area contributed by atoms with Gasteiger partial charge in [-0.25, -0.2) is 0 Å². The minimum Gasteiger partial charge on any atom is -0.308 e. The normalized spacial score (nSPS) is 29.0. The van der Waals surface area contributed by atoms with Crippen LogP contribution in [0.3, 0.4) is 0 Å². The summed E-state index contributed by atoms with van der Waals surface area (Å²) in [5, 5.41) is 7.62. The lowest BCUT2D eigenvalue weighted by Gasteiger charge is -2.12. The van der Waals surface area contributed by atoms with Crippen molar-refractivity contribution in [1.82, 2.24) is 0 Å². The van der Waals surface area contributed by atoms with Crippen molar-refractivity contribution >= 4 is 6.21 Å². The van der Waals surface area contributed by atoms with E-state index in [0.717, 1.165) is 36.8 Å². The Morgan fingerprint density at radius 3 is 2.58 bits per heavy atom. The quantitative estimate of drug-likeness (QED) is 0.627. The third kappa shape index (κ3) is 5.25. The first-order chi connectivity index (χ1) is 9.04. The standard InChI is InChI=1S/C18H25N/c1-14(2)18-11-6-5-8-15(3)12-16(4)9-7-10-17(18)13-19/h5,8-9,12-13,19H,1,6-7,10-11H2,2-4H3/b8-5+,15-12-,16-9+,18-17-,19-13?. The van der Waals surface area contributed by atoms with Gasteiger partial charge in [0.05, 0.1) is 0 Å². The van der Waals surface area contributed by atoms with E-state index in [-0.39, 0.29) is 0 Å². The molecule has 0 bridgehead atoms. The summed E-state index contributed by atoms with van der Waals surface area (Å²) >= 11 is 0. The molecule has 0 aromatic heterocycles. The Hall–Kier alpha value is -1.63. The lowest BCUT2D eigenvalue weighted by Crippen LogP contribution is -1.96. The number of allylic oxidation sites excluding steroid dienone is 9. The molecule has 0 aromatic rings. The van der Waals surface area contributed by atoms with E-state index < -0.39 is 0 Å². The van der Waals surface area contributed by atoms with Gasteiger partial charge in [0.15, 0.2) is 0 Å². The molecule has 0 fully saturated rings. The van der Waals surface area contributed by atoms with Crippen LogP contribution in [0.15, 0.2) is 58.7 Å². The molecule has 0 aliphatic heterocycles. The van der Waals surface area contributed by atoms with Crippen LogP contribution in [-0.4, -0.2) is 6.21 Å². The first-order valence-electron chi connectivity index (χ1n) is 6.94. The molecule has 1 nitrogen and oxygen atoms in total. The van der Waals surface area contributed by atoms with Gasteiger partial charge in [-0.1, -0.05) is 47.6 Å². The molecule has 1 aliphatic carbocycles. The van der Waals surface area contributed by atoms with E-state index in [0.29, 0.717) is 0 Å². The highest BCUT2D eigenvalue weighted by Crippen LogP contribution is 2.22. The molecule has 102 valence electrons. The van der Waals surface area contributed by atoms with Gasteiger partial charge >= 0.3 is 0 Å². The van der Waals surface area contributed by atoms with Crippen molar-refractivity contribution in [2.45, 2.75) is 46.5 Å². The number of nitrogens with one attached hydrogen (secondary N) is 1. The lowest BCUT2D eigenvalue weighted by molar-refractivity contribution is 0.928. The van der Waals surface area contributed by atoms with Gasteiger partial charge in [0, 0.05) is 6.21 Å². The van der Waals surface area contributed by atoms with E-state index >= 15 is 0 Å². The Morgan fingerprint density at radius 1 is 1.21 bits per heavy atom. The van der Waals surface area contributed by atoms with Crippen LogP contribution in [0, 0.1) is 5.41 Å². The Balaban J connectivity index is 3.05. The second-order valence-electron chi connectivity index (χ2n) is 5.24. The summed E-state index contributed by atoms with van der Waals surface area (Å²) in [6, 6.07) is 0. The summed E-state index contributed by atoms with van der Waals surface area (Å²) in [7, 11) is 0. The molecule has 1 heteroatoms. The van der Waals surface area contributed by atoms with Gasteiger partial charge in [0.25, 0.3) is 0 Å². The van der Waals surface area contributed by atoms with Crippen molar-refractivity contribution in [2.24, 2.45) is 0 Å². The van der Waals surface area contributed by atoms with Crippen molar-refractivity contribution in [3.05, 3.63) is 58.7 Å². The van der Waals surface area contributed by atoms with Gasteiger partial charge in [0.1, 0.15) is 0 Å². The summed E-state index contributed by atoms with van der Waals surface area (Å²) in [5.74, 6) is 0. The minimum atomic E-state index is 0.930. The van der Waals surface area contributed by atoms with Gasteiger partial charge in [0.2, 0.25) is 0 Å². The Kier molecular flexibility index (Phi) is 6.27. The largest absolute Gasteiger partial charge is 0.308 e. The van der Waals surface area contributed by atoms with Crippen LogP contribution in [0.25, 0.3) is 0 Å². The molecule has 0 atom stereocenters. The van der Waals surface area contributed by atoms with Gasteiger partial charge in [-0.05, 0) is 57.6 Å². The molecule has 0 unspecified atom stereocenters. The monoisotopic (exact) mass is 255 g/mol. The first-order valence-corrected chi connectivity index (χ1v) is 6.94. The zero-order valence-corrected chi connectivity index (χ0v) is 12.4. The molecule has 1 rings (SSSR count). The third-order valence-electron chi connectivity index (χ3n) is 3.35. The highest BCUT2D eigenvalue weighted by atomic mass is 14.3. The molecule has 0 spiro atoms. The van der Waals surface area contributed by atoms with Gasteiger partial charge in [-0.2, -0.15) is 0 Å². The van der Waals surface area contributed by atoms with Gasteiger partial charge in [-0.15, -0.1) is 0 Å². The summed E-state index contributed by atoms with van der Waals surface area (Å²) in [5.41, 5.74) is 6.07. The molecular formula is C18H25N. The average Bonchev–Trinajstić information content (AvgIpc) is 2.33. The molecule has 0 saturated carbocycles. The number of rotatable bonds is 2. The fourth-order valence-corrected chi connectivity index (χ4v) is 2.38. The van der Waals surface area contributed by atoms with E-state index in [9.17, 15) is 0 Å². The van der Waals surface area contributed by atoms with Crippen molar-refractivity contribution in [3.63, 3.8) is 0 Å². The van der Waals surface area contributed by atoms with E-state index in [2.05, 4.69) is 44.7 Å². The Morgan fingerprint density at radius 2 is 1.95 bits per heavy atom. The van der Waals surface area contributed by atoms with Gasteiger partial charge in [-0.3, -0.25) is 0 Å². The Labute approximate surface area is 117 Å². The van der Waals surface area contributed by atoms with Crippen molar-refractivity contribution < 1.29 is 0 Å². The summed E-state index contributed by atoms with van der Waals surface area (Å²) in [6.45, 7) is 10.4. The first kappa shape index (κ1) is 15.4. The zero-order valence-electron chi connectivity index (χ0n) is 12.4. The van der Waals surface area contributed by atoms with Crippen LogP contribution in [0.5, 0.6) is 0 Å². The zero-order chi connectivity index (χ0) is 14.3. The highest BCUT2D eigenvalue weighted by Gasteiger charge is 2.05. The second-order valence-corrected chi connectivity index (χ2v) is 5.24. The van der Waals surface area contributed by atoms with Crippen LogP contribution in [0.4, 0.5) is 0 Å². The van der Waals surface area contributed by atoms with E-state index in [1.807, 2.05) is 6.92 Å². The molecule has 1 aliphatic rings. The van der Waals surface area contributed by atoms with Crippen LogP contribution in [0.2, 0.25) is 0 Å². The van der Waals surface area contributed by atoms with E-state index in [1.54, 1.807) is 0 Å². The summed E-state index contributed by atoms with van der Waals surface area (Å²) < 4.78 is 0. The van der Waals surface area contributed by atoms with Crippen LogP contribution >= 0.6 is 0 Å². The average molecular weight is 255 g/mol. The fourth-order valence-electron chi connectivity index (χ4n) is 2.38. The topological polar surface area (TPSA) is 23.9 Å². The summed E-state index contributed by atoms with van der Waals surface area (Å²) in [4.78, 5) is 0. The highest BCUT2D eigenvalue weighted by molar-refractivity contribution is 5.78. The molecule has 1 N–H and O–H groups in total. The summed E-state index contributed by atoms with van der Waals surface area (Å²) in [6.07, 6.45) is 14.3. The molecule has 0 radical (unpaired) electrons. The third-order valence-corrected chi connectivity index (χ3v) is 3.35. The van der Waals surface area contributed by atoms with Crippen molar-refractivity contribution in [3.8, 4) is 0 Å². The van der Waals surface area contributed by atoms with Crippen LogP contribution in [-0.2, 0) is 0 Å². The second kappa shape index (κ2) is 7.73. The number of hydrogen-bond donors (Lipinski definition) is 1.